The molecule has 0 atom stereocenters. The summed E-state index contributed by atoms with van der Waals surface area (Å²) in [5, 5.41) is 33.9. The number of amides is 2. The number of aromatic hydroxyl groups is 2. The summed E-state index contributed by atoms with van der Waals surface area (Å²) in [7, 11) is -2.91. The van der Waals surface area contributed by atoms with Crippen LogP contribution in [0.5, 0.6) is 17.2 Å². The lowest BCUT2D eigenvalue weighted by atomic mass is 9.78. The third-order valence-corrected chi connectivity index (χ3v) is 10.3. The molecule has 0 aliphatic rings. The number of nitrogens with two attached hydrogens (primary N) is 1. The van der Waals surface area contributed by atoms with Gasteiger partial charge in [-0.2, -0.15) is 8.42 Å². The molecule has 14 nitrogen and oxygen atoms in total. The van der Waals surface area contributed by atoms with Crippen LogP contribution in [0.25, 0.3) is 16.7 Å². The number of nitrogens with one attached hydrogen (secondary N) is 1. The first-order valence-corrected chi connectivity index (χ1v) is 19.5. The maximum Gasteiger partial charge on any atom is 0.311 e. The Morgan fingerprint density at radius 3 is 2.11 bits per heavy atom. The van der Waals surface area contributed by atoms with Crippen molar-refractivity contribution in [3.05, 3.63) is 64.7 Å². The first-order chi connectivity index (χ1) is 25.3. The van der Waals surface area contributed by atoms with Crippen molar-refractivity contribution in [2.45, 2.75) is 96.4 Å². The Morgan fingerprint density at radius 1 is 0.889 bits per heavy atom. The van der Waals surface area contributed by atoms with Crippen LogP contribution in [0.4, 0.5) is 0 Å². The van der Waals surface area contributed by atoms with Gasteiger partial charge in [-0.3, -0.25) is 13.8 Å². The summed E-state index contributed by atoms with van der Waals surface area (Å²) in [6.45, 7) is 15.4. The Labute approximate surface area is 317 Å². The smallest absolute Gasteiger partial charge is 0.311 e. The Balaban J connectivity index is 1.53. The number of aryl methyl sites for hydroxylation is 1. The molecule has 0 spiro atoms. The Hall–Kier alpha value is -4.73. The summed E-state index contributed by atoms with van der Waals surface area (Å²) in [4.78, 5) is 29.5. The van der Waals surface area contributed by atoms with Crippen LogP contribution in [0, 0.1) is 0 Å². The molecule has 54 heavy (non-hydrogen) atoms. The molecular formula is C39H54N6O8S. The Morgan fingerprint density at radius 2 is 1.52 bits per heavy atom. The van der Waals surface area contributed by atoms with Crippen molar-refractivity contribution in [2.75, 3.05) is 33.4 Å². The van der Waals surface area contributed by atoms with Crippen molar-refractivity contribution in [1.82, 2.24) is 25.2 Å². The lowest BCUT2D eigenvalue weighted by Crippen LogP contribution is -2.43. The van der Waals surface area contributed by atoms with E-state index in [1.807, 2.05) is 12.1 Å². The molecule has 0 unspecified atom stereocenters. The van der Waals surface area contributed by atoms with E-state index in [1.54, 1.807) is 13.0 Å². The fraction of sp³-hybridized carbons (Fsp3) is 0.487. The van der Waals surface area contributed by atoms with Crippen molar-refractivity contribution in [3.8, 4) is 22.9 Å². The molecule has 5 N–H and O–H groups in total. The van der Waals surface area contributed by atoms with Crippen LogP contribution in [-0.4, -0.2) is 83.7 Å². The number of hydrogen-bond acceptors (Lipinski definition) is 11. The molecule has 0 aliphatic heterocycles. The van der Waals surface area contributed by atoms with Gasteiger partial charge in [0.2, 0.25) is 0 Å². The van der Waals surface area contributed by atoms with Crippen LogP contribution in [-0.2, 0) is 47.7 Å². The van der Waals surface area contributed by atoms with Gasteiger partial charge in [0, 0.05) is 31.3 Å². The molecule has 2 amide bonds. The zero-order valence-electron chi connectivity index (χ0n) is 32.5. The fourth-order valence-corrected chi connectivity index (χ4v) is 6.74. The van der Waals surface area contributed by atoms with Gasteiger partial charge in [-0.25, -0.2) is 0 Å². The van der Waals surface area contributed by atoms with E-state index in [4.69, 9.17) is 10.5 Å². The summed E-state index contributed by atoms with van der Waals surface area (Å²) in [6.07, 6.45) is 2.54. The van der Waals surface area contributed by atoms with Crippen LogP contribution >= 0.6 is 0 Å². The maximum atomic E-state index is 13.6. The predicted molar refractivity (Wildman–Crippen MR) is 206 cm³/mol. The third kappa shape index (κ3) is 10.1. The summed E-state index contributed by atoms with van der Waals surface area (Å²) >= 11 is 0. The number of phenolic OH excluding ortho intramolecular Hbond substituents is 2. The summed E-state index contributed by atoms with van der Waals surface area (Å²) in [5.41, 5.74) is 8.90. The van der Waals surface area contributed by atoms with E-state index in [9.17, 15) is 28.2 Å². The average molecular weight is 767 g/mol. The molecular weight excluding hydrogens is 713 g/mol. The van der Waals surface area contributed by atoms with Gasteiger partial charge in [0.05, 0.1) is 18.6 Å². The highest BCUT2D eigenvalue weighted by molar-refractivity contribution is 7.86. The molecule has 0 aliphatic carbocycles. The average Bonchev–Trinajstić information content (AvgIpc) is 3.53. The topological polar surface area (TPSA) is 199 Å². The lowest BCUT2D eigenvalue weighted by molar-refractivity contribution is -0.146. The quantitative estimate of drug-likeness (QED) is 0.0723. The minimum absolute atomic E-state index is 0.105. The van der Waals surface area contributed by atoms with Crippen molar-refractivity contribution in [1.29, 1.82) is 0 Å². The van der Waals surface area contributed by atoms with Gasteiger partial charge in [-0.1, -0.05) is 53.7 Å². The third-order valence-electron chi connectivity index (χ3n) is 9.01. The maximum absolute atomic E-state index is 13.6. The van der Waals surface area contributed by atoms with Crippen LogP contribution in [0.2, 0.25) is 0 Å². The van der Waals surface area contributed by atoms with Crippen LogP contribution in [0.1, 0.15) is 90.0 Å². The lowest BCUT2D eigenvalue weighted by Gasteiger charge is -2.28. The van der Waals surface area contributed by atoms with Gasteiger partial charge in [-0.05, 0) is 90.9 Å². The van der Waals surface area contributed by atoms with E-state index in [-0.39, 0.29) is 44.8 Å². The van der Waals surface area contributed by atoms with Crippen LogP contribution < -0.4 is 15.8 Å². The van der Waals surface area contributed by atoms with Crippen LogP contribution in [0.3, 0.4) is 0 Å². The molecule has 294 valence electrons. The minimum atomic E-state index is -3.97. The molecule has 1 aromatic heterocycles. The monoisotopic (exact) mass is 766 g/mol. The van der Waals surface area contributed by atoms with E-state index >= 15 is 0 Å². The number of unbranched alkanes of at least 4 members (excludes halogenated alkanes) is 1. The number of hydrogen-bond donors (Lipinski definition) is 4. The molecule has 4 aromatic rings. The second kappa shape index (κ2) is 17.2. The van der Waals surface area contributed by atoms with E-state index in [2.05, 4.69) is 61.2 Å². The van der Waals surface area contributed by atoms with E-state index < -0.39 is 21.9 Å². The summed E-state index contributed by atoms with van der Waals surface area (Å²) in [5.74, 6) is -1.15. The number of ether oxygens (including phenoxy) is 1. The first-order valence-electron chi connectivity index (χ1n) is 18.1. The molecule has 0 saturated carbocycles. The zero-order chi connectivity index (χ0) is 40.0. The molecule has 0 saturated heterocycles. The fourth-order valence-electron chi connectivity index (χ4n) is 6.05. The second-order valence-corrected chi connectivity index (χ2v) is 17.0. The van der Waals surface area contributed by atoms with Crippen LogP contribution in [0.15, 0.2) is 47.4 Å². The predicted octanol–water partition coefficient (Wildman–Crippen LogP) is 4.98. The van der Waals surface area contributed by atoms with Gasteiger partial charge in [0.15, 0.2) is 0 Å². The highest BCUT2D eigenvalue weighted by Crippen LogP contribution is 2.40. The number of fused-ring (bicyclic) bond motifs is 1. The van der Waals surface area contributed by atoms with E-state index in [0.29, 0.717) is 68.9 Å². The van der Waals surface area contributed by atoms with Crippen molar-refractivity contribution < 1.29 is 37.1 Å². The molecule has 0 fully saturated rings. The number of rotatable bonds is 15. The highest BCUT2D eigenvalue weighted by atomic mass is 32.2. The number of nitrogens with zero attached hydrogens (tertiary/aromatic N) is 4. The Kier molecular flexibility index (Phi) is 13.4. The Bertz CT molecular complexity index is 2050. The van der Waals surface area contributed by atoms with E-state index in [1.165, 1.54) is 29.2 Å². The van der Waals surface area contributed by atoms with Gasteiger partial charge in [0.25, 0.3) is 10.1 Å². The molecule has 4 rings (SSSR count). The standard InChI is InChI=1S/C39H54N6O8S/c1-9-53-27-21-26(34(46)33(22-27)45-42-31-15-14-28(23-32(31)43-45)54(50,51)52-8)24-41-36(48)37(49)44(17-11-10-16-40)18-12-13-25-19-29(38(2,3)4)35(47)30(20-25)39(5,6)7/h14-15,19-23,46-47H,9-13,16-18,24,40H2,1-8H3,(H,41,48). The van der Waals surface area contributed by atoms with Crippen molar-refractivity contribution >= 4 is 33.0 Å². The zero-order valence-corrected chi connectivity index (χ0v) is 33.3. The van der Waals surface area contributed by atoms with Crippen molar-refractivity contribution in [2.24, 2.45) is 5.73 Å². The first kappa shape index (κ1) is 42.0. The van der Waals surface area contributed by atoms with Gasteiger partial charge < -0.3 is 30.9 Å². The number of benzene rings is 3. The molecule has 1 heterocycles. The number of aromatic nitrogens is 3. The normalized spacial score (nSPS) is 12.2. The van der Waals surface area contributed by atoms with Gasteiger partial charge in [-0.15, -0.1) is 15.0 Å². The minimum Gasteiger partial charge on any atom is -0.507 e. The highest BCUT2D eigenvalue weighted by Gasteiger charge is 2.27. The van der Waals surface area contributed by atoms with Gasteiger partial charge in [0.1, 0.15) is 34.0 Å². The number of carbonyl (C=O) groups excluding carboxylic acids is 2. The SMILES string of the molecule is CCOc1cc(CNC(=O)C(=O)N(CCCCN)CCCc2cc(C(C)(C)C)c(O)c(C(C)(C)C)c2)c(O)c(-n2nc3ccc(S(=O)(=O)OC)cc3n2)c1. The molecule has 0 radical (unpaired) electrons. The molecule has 3 aromatic carbocycles. The summed E-state index contributed by atoms with van der Waals surface area (Å²) < 4.78 is 34.7. The largest absolute Gasteiger partial charge is 0.507 e. The second-order valence-electron chi connectivity index (χ2n) is 15.3. The van der Waals surface area contributed by atoms with Crippen molar-refractivity contribution in [3.63, 3.8) is 0 Å². The van der Waals surface area contributed by atoms with E-state index in [0.717, 1.165) is 28.6 Å². The number of phenols is 2. The van der Waals surface area contributed by atoms with Gasteiger partial charge >= 0.3 is 11.8 Å². The molecule has 15 heteroatoms. The molecule has 0 bridgehead atoms. The number of carbonyl (C=O) groups is 2. The summed E-state index contributed by atoms with van der Waals surface area (Å²) in [6, 6.07) is 11.2.